The summed E-state index contributed by atoms with van der Waals surface area (Å²) in [6.45, 7) is 0. The largest absolute Gasteiger partial charge is 0.508 e. The van der Waals surface area contributed by atoms with Gasteiger partial charge in [0.1, 0.15) is 5.75 Å². The molecule has 3 rings (SSSR count). The number of rotatable bonds is 4. The third-order valence-electron chi connectivity index (χ3n) is 4.22. The molecule has 0 aliphatic carbocycles. The average Bonchev–Trinajstić information content (AvgIpc) is 2.77. The fourth-order valence-corrected chi connectivity index (χ4v) is 2.70. The highest BCUT2D eigenvalue weighted by molar-refractivity contribution is 6.05. The predicted octanol–water partition coefficient (Wildman–Crippen LogP) is 3.74. The summed E-state index contributed by atoms with van der Waals surface area (Å²) in [5.74, 6) is -2.62. The van der Waals surface area contributed by atoms with Gasteiger partial charge < -0.3 is 10.4 Å². The van der Waals surface area contributed by atoms with E-state index in [1.165, 1.54) is 24.3 Å². The summed E-state index contributed by atoms with van der Waals surface area (Å²) in [5.41, 5.74) is 3.29. The molecule has 0 unspecified atom stereocenters. The third-order valence-corrected chi connectivity index (χ3v) is 4.22. The summed E-state index contributed by atoms with van der Waals surface area (Å²) < 4.78 is 38.6. The van der Waals surface area contributed by atoms with E-state index in [1.807, 2.05) is 0 Å². The molecule has 4 N–H and O–H groups in total. The van der Waals surface area contributed by atoms with Gasteiger partial charge in [-0.05, 0) is 42.5 Å². The number of hydrogen-bond acceptors (Lipinski definition) is 4. The summed E-state index contributed by atoms with van der Waals surface area (Å²) in [7, 11) is 0. The number of hydrazine groups is 1. The molecule has 3 aromatic rings. The summed E-state index contributed by atoms with van der Waals surface area (Å²) in [6.07, 6.45) is -4.61. The van der Waals surface area contributed by atoms with Crippen LogP contribution in [0.5, 0.6) is 5.75 Å². The van der Waals surface area contributed by atoms with Crippen molar-refractivity contribution in [3.8, 4) is 5.75 Å². The van der Waals surface area contributed by atoms with E-state index < -0.39 is 29.5 Å². The van der Waals surface area contributed by atoms with Crippen LogP contribution in [0.1, 0.15) is 36.6 Å². The molecule has 0 aromatic heterocycles. The van der Waals surface area contributed by atoms with Crippen LogP contribution in [-0.2, 0) is 6.18 Å². The number of aromatic hydroxyl groups is 1. The summed E-state index contributed by atoms with van der Waals surface area (Å²) in [6, 6.07) is 15.3. The fourth-order valence-electron chi connectivity index (χ4n) is 2.70. The van der Waals surface area contributed by atoms with E-state index in [0.717, 1.165) is 24.3 Å². The third kappa shape index (κ3) is 5.63. The standard InChI is InChI=1S/C22H16F3N3O4/c23-22(24,25)16-8-4-7-14(9-16)19(30)26-17-10-15(11-18(29)12-17)21(32)28-27-20(31)13-5-2-1-3-6-13/h1-12,29H,(H,26,30)(H,27,31)(H,28,32). The molecule has 0 aliphatic heterocycles. The first-order valence-electron chi connectivity index (χ1n) is 9.12. The molecular weight excluding hydrogens is 427 g/mol. The molecule has 0 heterocycles. The molecule has 7 nitrogen and oxygen atoms in total. The van der Waals surface area contributed by atoms with Gasteiger partial charge in [-0.1, -0.05) is 24.3 Å². The SMILES string of the molecule is O=C(NNC(=O)c1cc(O)cc(NC(=O)c2cccc(C(F)(F)F)c2)c1)c1ccccc1. The lowest BCUT2D eigenvalue weighted by molar-refractivity contribution is -0.137. The number of halogens is 3. The van der Waals surface area contributed by atoms with Gasteiger partial charge in [-0.25, -0.2) is 0 Å². The van der Waals surface area contributed by atoms with E-state index in [1.54, 1.807) is 18.2 Å². The molecule has 3 aromatic carbocycles. The van der Waals surface area contributed by atoms with Crippen molar-refractivity contribution in [2.24, 2.45) is 0 Å². The molecule has 0 saturated carbocycles. The van der Waals surface area contributed by atoms with E-state index in [2.05, 4.69) is 16.2 Å². The molecule has 0 aliphatic rings. The predicted molar refractivity (Wildman–Crippen MR) is 109 cm³/mol. The van der Waals surface area contributed by atoms with Crippen molar-refractivity contribution in [1.29, 1.82) is 0 Å². The van der Waals surface area contributed by atoms with Gasteiger partial charge >= 0.3 is 6.18 Å². The lowest BCUT2D eigenvalue weighted by Gasteiger charge is -2.11. The number of nitrogens with one attached hydrogen (secondary N) is 3. The minimum absolute atomic E-state index is 0.0352. The highest BCUT2D eigenvalue weighted by atomic mass is 19.4. The maximum Gasteiger partial charge on any atom is 0.416 e. The molecular formula is C22H16F3N3O4. The minimum atomic E-state index is -4.61. The van der Waals surface area contributed by atoms with Crippen LogP contribution in [0.25, 0.3) is 0 Å². The minimum Gasteiger partial charge on any atom is -0.508 e. The van der Waals surface area contributed by atoms with Crippen LogP contribution < -0.4 is 16.2 Å². The van der Waals surface area contributed by atoms with Crippen molar-refractivity contribution < 1.29 is 32.7 Å². The van der Waals surface area contributed by atoms with Crippen molar-refractivity contribution in [2.45, 2.75) is 6.18 Å². The molecule has 3 amide bonds. The Balaban J connectivity index is 1.71. The van der Waals surface area contributed by atoms with E-state index in [-0.39, 0.29) is 22.6 Å². The Morgan fingerprint density at radius 2 is 1.31 bits per heavy atom. The zero-order chi connectivity index (χ0) is 23.3. The van der Waals surface area contributed by atoms with Crippen molar-refractivity contribution in [3.05, 3.63) is 95.1 Å². The summed E-state index contributed by atoms with van der Waals surface area (Å²) in [4.78, 5) is 36.7. The van der Waals surface area contributed by atoms with Gasteiger partial charge in [0.15, 0.2) is 0 Å². The molecule has 0 radical (unpaired) electrons. The zero-order valence-corrected chi connectivity index (χ0v) is 16.2. The van der Waals surface area contributed by atoms with Crippen LogP contribution in [0.4, 0.5) is 18.9 Å². The van der Waals surface area contributed by atoms with E-state index in [0.29, 0.717) is 11.6 Å². The molecule has 164 valence electrons. The van der Waals surface area contributed by atoms with Crippen molar-refractivity contribution in [2.75, 3.05) is 5.32 Å². The van der Waals surface area contributed by atoms with Crippen molar-refractivity contribution in [1.82, 2.24) is 10.9 Å². The quantitative estimate of drug-likeness (QED) is 0.461. The molecule has 0 saturated heterocycles. The Kier molecular flexibility index (Phi) is 6.43. The van der Waals surface area contributed by atoms with Gasteiger partial charge in [0.2, 0.25) is 0 Å². The molecule has 0 spiro atoms. The van der Waals surface area contributed by atoms with Crippen molar-refractivity contribution >= 4 is 23.4 Å². The van der Waals surface area contributed by atoms with Crippen LogP contribution >= 0.6 is 0 Å². The van der Waals surface area contributed by atoms with E-state index in [4.69, 9.17) is 0 Å². The fraction of sp³-hybridized carbons (Fsp3) is 0.0455. The number of amides is 3. The van der Waals surface area contributed by atoms with Gasteiger partial charge in [-0.3, -0.25) is 25.2 Å². The normalized spacial score (nSPS) is 10.8. The summed E-state index contributed by atoms with van der Waals surface area (Å²) >= 11 is 0. The maximum absolute atomic E-state index is 12.9. The van der Waals surface area contributed by atoms with Gasteiger partial charge in [0.25, 0.3) is 17.7 Å². The number of benzene rings is 3. The number of carbonyl (C=O) groups excluding carboxylic acids is 3. The van der Waals surface area contributed by atoms with Crippen molar-refractivity contribution in [3.63, 3.8) is 0 Å². The Morgan fingerprint density at radius 1 is 0.688 bits per heavy atom. The first-order chi connectivity index (χ1) is 15.1. The van der Waals surface area contributed by atoms with E-state index in [9.17, 15) is 32.7 Å². The number of alkyl halides is 3. The second-order valence-corrected chi connectivity index (χ2v) is 6.58. The number of anilines is 1. The second kappa shape index (κ2) is 9.21. The van der Waals surface area contributed by atoms with Crippen LogP contribution in [0.3, 0.4) is 0 Å². The molecule has 32 heavy (non-hydrogen) atoms. The monoisotopic (exact) mass is 443 g/mol. The van der Waals surface area contributed by atoms with Gasteiger partial charge in [-0.2, -0.15) is 13.2 Å². The zero-order valence-electron chi connectivity index (χ0n) is 16.2. The number of phenolic OH excluding ortho intramolecular Hbond substituents is 1. The van der Waals surface area contributed by atoms with Crippen LogP contribution in [0.2, 0.25) is 0 Å². The van der Waals surface area contributed by atoms with Gasteiger partial charge in [-0.15, -0.1) is 0 Å². The molecule has 0 bridgehead atoms. The topological polar surface area (TPSA) is 108 Å². The Morgan fingerprint density at radius 3 is 1.97 bits per heavy atom. The van der Waals surface area contributed by atoms with Crippen LogP contribution in [0.15, 0.2) is 72.8 Å². The number of hydrogen-bond donors (Lipinski definition) is 4. The van der Waals surface area contributed by atoms with Gasteiger partial charge in [0, 0.05) is 28.4 Å². The Labute approximate surface area is 179 Å². The number of phenols is 1. The molecule has 10 heteroatoms. The second-order valence-electron chi connectivity index (χ2n) is 6.58. The van der Waals surface area contributed by atoms with Crippen LogP contribution in [0, 0.1) is 0 Å². The van der Waals surface area contributed by atoms with Gasteiger partial charge in [0.05, 0.1) is 5.56 Å². The smallest absolute Gasteiger partial charge is 0.416 e. The average molecular weight is 443 g/mol. The highest BCUT2D eigenvalue weighted by Gasteiger charge is 2.30. The lowest BCUT2D eigenvalue weighted by Crippen LogP contribution is -2.41. The number of carbonyl (C=O) groups is 3. The van der Waals surface area contributed by atoms with Crippen LogP contribution in [-0.4, -0.2) is 22.8 Å². The Bertz CT molecular complexity index is 1160. The van der Waals surface area contributed by atoms with E-state index >= 15 is 0 Å². The highest BCUT2D eigenvalue weighted by Crippen LogP contribution is 2.30. The first kappa shape index (κ1) is 22.3. The first-order valence-corrected chi connectivity index (χ1v) is 9.12. The summed E-state index contributed by atoms with van der Waals surface area (Å²) in [5, 5.41) is 12.2. The molecule has 0 fully saturated rings. The molecule has 0 atom stereocenters. The lowest BCUT2D eigenvalue weighted by atomic mass is 10.1. The maximum atomic E-state index is 12.9. The Hall–Kier alpha value is -4.34.